The second-order valence-electron chi connectivity index (χ2n) is 3.33. The topological polar surface area (TPSA) is 46.5 Å². The molecule has 0 aliphatic carbocycles. The summed E-state index contributed by atoms with van der Waals surface area (Å²) in [5.74, 6) is 0.425. The summed E-state index contributed by atoms with van der Waals surface area (Å²) in [7, 11) is 0. The Kier molecular flexibility index (Phi) is 5.77. The lowest BCUT2D eigenvalue weighted by atomic mass is 10.2. The second kappa shape index (κ2) is 7.68. The van der Waals surface area contributed by atoms with E-state index in [4.69, 9.17) is 5.11 Å². The van der Waals surface area contributed by atoms with Crippen LogP contribution in [0.3, 0.4) is 0 Å². The molecule has 0 aromatic heterocycles. The molecule has 0 heterocycles. The second-order valence-corrected chi connectivity index (χ2v) is 3.33. The number of phenolic OH excluding ortho intramolecular Hbond substituents is 1. The van der Waals surface area contributed by atoms with Gasteiger partial charge in [0.15, 0.2) is 0 Å². The number of hydrogen-bond donors (Lipinski definition) is 1. The zero-order valence-corrected chi connectivity index (χ0v) is 9.82. The van der Waals surface area contributed by atoms with Crippen molar-refractivity contribution in [2.75, 3.05) is 0 Å². The molecule has 0 aliphatic heterocycles. The Hall–Kier alpha value is -2.55. The third-order valence-electron chi connectivity index (χ3n) is 2.04. The van der Waals surface area contributed by atoms with Crippen molar-refractivity contribution >= 4 is 12.5 Å². The highest BCUT2D eigenvalue weighted by atomic mass is 16.5. The number of carbonyl (C=O) groups is 1. The lowest BCUT2D eigenvalue weighted by Crippen LogP contribution is -1.86. The van der Waals surface area contributed by atoms with E-state index in [1.165, 1.54) is 17.7 Å². The van der Waals surface area contributed by atoms with Gasteiger partial charge in [-0.15, -0.1) is 0 Å². The van der Waals surface area contributed by atoms with E-state index >= 15 is 0 Å². The quantitative estimate of drug-likeness (QED) is 0.840. The zero-order chi connectivity index (χ0) is 13.2. The molecule has 0 fully saturated rings. The number of rotatable bonds is 3. The molecule has 0 aliphatic rings. The van der Waals surface area contributed by atoms with Crippen molar-refractivity contribution in [2.24, 2.45) is 0 Å². The summed E-state index contributed by atoms with van der Waals surface area (Å²) in [6.07, 6.45) is 1.83. The van der Waals surface area contributed by atoms with Crippen LogP contribution in [-0.2, 0) is 4.79 Å². The summed E-state index contributed by atoms with van der Waals surface area (Å²) < 4.78 is 4.45. The van der Waals surface area contributed by atoms with Gasteiger partial charge in [-0.3, -0.25) is 4.79 Å². The molecule has 3 nitrogen and oxygen atoms in total. The minimum absolute atomic E-state index is 0.0827. The summed E-state index contributed by atoms with van der Waals surface area (Å²) in [5, 5.41) is 8.84. The molecule has 0 amide bonds. The van der Waals surface area contributed by atoms with Crippen LogP contribution in [0.1, 0.15) is 5.56 Å². The van der Waals surface area contributed by atoms with Crippen molar-refractivity contribution in [2.45, 2.75) is 0 Å². The molecule has 2 rings (SSSR count). The van der Waals surface area contributed by atoms with Gasteiger partial charge in [-0.25, -0.2) is 0 Å². The maximum absolute atomic E-state index is 9.78. The Morgan fingerprint density at radius 2 is 1.78 bits per heavy atom. The highest BCUT2D eigenvalue weighted by Crippen LogP contribution is 2.16. The summed E-state index contributed by atoms with van der Waals surface area (Å²) in [6.45, 7) is 3.95. The molecular formula is C15H14O3. The van der Waals surface area contributed by atoms with Crippen molar-refractivity contribution in [3.8, 4) is 11.5 Å². The molecule has 3 heteroatoms. The normalized spacial score (nSPS) is 8.67. The summed E-state index contributed by atoms with van der Waals surface area (Å²) in [4.78, 5) is 9.78. The van der Waals surface area contributed by atoms with E-state index < -0.39 is 0 Å². The van der Waals surface area contributed by atoms with Gasteiger partial charge in [-0.1, -0.05) is 49.1 Å². The molecule has 92 valence electrons. The third-order valence-corrected chi connectivity index (χ3v) is 2.04. The first-order valence-corrected chi connectivity index (χ1v) is 5.33. The van der Waals surface area contributed by atoms with E-state index in [-0.39, 0.29) is 5.75 Å². The highest BCUT2D eigenvalue weighted by Gasteiger charge is 1.91. The molecule has 0 saturated heterocycles. The predicted octanol–water partition coefficient (Wildman–Crippen LogP) is 3.26. The van der Waals surface area contributed by atoms with Crippen LogP contribution >= 0.6 is 0 Å². The fraction of sp³-hybridized carbons (Fsp3) is 0. The van der Waals surface area contributed by atoms with Gasteiger partial charge >= 0.3 is 0 Å². The minimum Gasteiger partial charge on any atom is -0.508 e. The number of benzene rings is 2. The van der Waals surface area contributed by atoms with Crippen molar-refractivity contribution in [1.82, 2.24) is 0 Å². The number of phenols is 1. The molecule has 1 N–H and O–H groups in total. The average Bonchev–Trinajstić information content (AvgIpc) is 2.41. The molecule has 18 heavy (non-hydrogen) atoms. The smallest absolute Gasteiger partial charge is 0.298 e. The van der Waals surface area contributed by atoms with Gasteiger partial charge < -0.3 is 9.84 Å². The minimum atomic E-state index is 0.0827. The molecule has 0 saturated carbocycles. The lowest BCUT2D eigenvalue weighted by molar-refractivity contribution is -0.120. The monoisotopic (exact) mass is 242 g/mol. The van der Waals surface area contributed by atoms with Gasteiger partial charge in [0.2, 0.25) is 0 Å². The number of aromatic hydroxyl groups is 1. The van der Waals surface area contributed by atoms with Crippen molar-refractivity contribution < 1.29 is 14.6 Å². The molecule has 0 atom stereocenters. The van der Waals surface area contributed by atoms with Crippen LogP contribution in [0.4, 0.5) is 0 Å². The van der Waals surface area contributed by atoms with Crippen molar-refractivity contribution in [3.63, 3.8) is 0 Å². The van der Waals surface area contributed by atoms with Gasteiger partial charge in [0, 0.05) is 6.07 Å². The molecule has 0 unspecified atom stereocenters. The number of hydrogen-bond acceptors (Lipinski definition) is 3. The summed E-state index contributed by atoms with van der Waals surface area (Å²) >= 11 is 0. The predicted molar refractivity (Wildman–Crippen MR) is 71.3 cm³/mol. The van der Waals surface area contributed by atoms with Crippen molar-refractivity contribution in [3.05, 3.63) is 66.7 Å². The van der Waals surface area contributed by atoms with Crippen LogP contribution in [0, 0.1) is 0 Å². The highest BCUT2D eigenvalue weighted by molar-refractivity contribution is 5.46. The van der Waals surface area contributed by atoms with E-state index in [9.17, 15) is 4.79 Å². The summed E-state index contributed by atoms with van der Waals surface area (Å²) in [6, 6.07) is 16.1. The maximum Gasteiger partial charge on any atom is 0.298 e. The van der Waals surface area contributed by atoms with Gasteiger partial charge in [-0.2, -0.15) is 0 Å². The van der Waals surface area contributed by atoms with Crippen LogP contribution in [0.5, 0.6) is 11.5 Å². The van der Waals surface area contributed by atoms with E-state index in [0.29, 0.717) is 12.2 Å². The van der Waals surface area contributed by atoms with Gasteiger partial charge in [0.1, 0.15) is 11.5 Å². The SMILES string of the molecule is C=Cc1ccccc1.O=COc1cccc(O)c1. The fourth-order valence-corrected chi connectivity index (χ4v) is 1.20. The average molecular weight is 242 g/mol. The first-order valence-electron chi connectivity index (χ1n) is 5.33. The molecule has 0 spiro atoms. The van der Waals surface area contributed by atoms with E-state index in [2.05, 4.69) is 11.3 Å². The first kappa shape index (κ1) is 13.5. The Labute approximate surface area is 106 Å². The molecule has 2 aromatic carbocycles. The molecular weight excluding hydrogens is 228 g/mol. The van der Waals surface area contributed by atoms with Crippen LogP contribution < -0.4 is 4.74 Å². The third kappa shape index (κ3) is 4.99. The van der Waals surface area contributed by atoms with Crippen LogP contribution in [0.2, 0.25) is 0 Å². The fourth-order valence-electron chi connectivity index (χ4n) is 1.20. The Bertz CT molecular complexity index is 492. The van der Waals surface area contributed by atoms with Gasteiger partial charge in [-0.05, 0) is 17.7 Å². The molecule has 0 radical (unpaired) electrons. The number of ether oxygens (including phenoxy) is 1. The zero-order valence-electron chi connectivity index (χ0n) is 9.82. The van der Waals surface area contributed by atoms with Crippen molar-refractivity contribution in [1.29, 1.82) is 0 Å². The first-order chi connectivity index (χ1) is 8.76. The maximum atomic E-state index is 9.78. The Balaban J connectivity index is 0.000000184. The van der Waals surface area contributed by atoms with Crippen LogP contribution in [0.25, 0.3) is 6.08 Å². The lowest BCUT2D eigenvalue weighted by Gasteiger charge is -1.95. The summed E-state index contributed by atoms with van der Waals surface area (Å²) in [5.41, 5.74) is 1.17. The Morgan fingerprint density at radius 3 is 2.28 bits per heavy atom. The van der Waals surface area contributed by atoms with Gasteiger partial charge in [0.05, 0.1) is 0 Å². The Morgan fingerprint density at radius 1 is 1.06 bits per heavy atom. The molecule has 0 bridgehead atoms. The molecule has 2 aromatic rings. The standard InChI is InChI=1S/C8H8.C7H6O3/c1-2-8-6-4-3-5-7-8;8-5-10-7-3-1-2-6(9)4-7/h2-7H,1H2;1-5,9H. The van der Waals surface area contributed by atoms with Gasteiger partial charge in [0.25, 0.3) is 6.47 Å². The van der Waals surface area contributed by atoms with E-state index in [0.717, 1.165) is 0 Å². The number of carbonyl (C=O) groups excluding carboxylic acids is 1. The van der Waals surface area contributed by atoms with Crippen LogP contribution in [-0.4, -0.2) is 11.6 Å². The van der Waals surface area contributed by atoms with Crippen LogP contribution in [0.15, 0.2) is 61.2 Å². The van der Waals surface area contributed by atoms with E-state index in [1.54, 1.807) is 12.1 Å². The largest absolute Gasteiger partial charge is 0.508 e. The van der Waals surface area contributed by atoms with E-state index in [1.807, 2.05) is 36.4 Å².